The highest BCUT2D eigenvalue weighted by atomic mass is 15.0. The van der Waals surface area contributed by atoms with Gasteiger partial charge in [0.2, 0.25) is 0 Å². The van der Waals surface area contributed by atoms with Crippen LogP contribution in [0.5, 0.6) is 0 Å². The fourth-order valence-corrected chi connectivity index (χ4v) is 6.36. The van der Waals surface area contributed by atoms with Gasteiger partial charge in [-0.3, -0.25) is 4.98 Å². The van der Waals surface area contributed by atoms with E-state index in [1.807, 2.05) is 30.6 Å². The molecular formula is C38H23N3. The summed E-state index contributed by atoms with van der Waals surface area (Å²) in [5.74, 6) is 0. The lowest BCUT2D eigenvalue weighted by Gasteiger charge is -2.17. The number of fused-ring (bicyclic) bond motifs is 5. The SMILES string of the molecule is [C-]#[N+]c1ccc2c(c1)c1cc(-c3c4ccccc4c(-c4ccncc4)c4ccccc34)ccc1n2-c1ccccc1. The molecule has 6 aromatic carbocycles. The van der Waals surface area contributed by atoms with Crippen molar-refractivity contribution >= 4 is 49.0 Å². The van der Waals surface area contributed by atoms with Crippen LogP contribution in [0.3, 0.4) is 0 Å². The number of nitrogens with zero attached hydrogens (tertiary/aromatic N) is 3. The number of hydrogen-bond donors (Lipinski definition) is 0. The van der Waals surface area contributed by atoms with Gasteiger partial charge >= 0.3 is 0 Å². The number of rotatable bonds is 3. The van der Waals surface area contributed by atoms with E-state index < -0.39 is 0 Å². The van der Waals surface area contributed by atoms with E-state index in [0.29, 0.717) is 5.69 Å². The Bertz CT molecular complexity index is 2250. The highest BCUT2D eigenvalue weighted by Gasteiger charge is 2.18. The summed E-state index contributed by atoms with van der Waals surface area (Å²) in [6.07, 6.45) is 3.72. The van der Waals surface area contributed by atoms with Gasteiger partial charge in [0, 0.05) is 23.5 Å². The van der Waals surface area contributed by atoms with Crippen molar-refractivity contribution in [3.63, 3.8) is 0 Å². The maximum absolute atomic E-state index is 7.66. The van der Waals surface area contributed by atoms with Crippen LogP contribution in [0.2, 0.25) is 0 Å². The molecule has 0 aliphatic rings. The molecule has 190 valence electrons. The zero-order valence-electron chi connectivity index (χ0n) is 22.1. The smallest absolute Gasteiger partial charge is 0.188 e. The maximum atomic E-state index is 7.66. The average molecular weight is 522 g/mol. The van der Waals surface area contributed by atoms with Crippen molar-refractivity contribution in [3.05, 3.63) is 151 Å². The molecule has 2 aromatic heterocycles. The van der Waals surface area contributed by atoms with Crippen LogP contribution in [0.15, 0.2) is 140 Å². The van der Waals surface area contributed by atoms with Gasteiger partial charge in [0.1, 0.15) is 0 Å². The van der Waals surface area contributed by atoms with E-state index >= 15 is 0 Å². The van der Waals surface area contributed by atoms with Crippen LogP contribution in [-0.4, -0.2) is 9.55 Å². The molecule has 0 amide bonds. The quantitative estimate of drug-likeness (QED) is 0.167. The predicted octanol–water partition coefficient (Wildman–Crippen LogP) is 10.4. The molecule has 8 rings (SSSR count). The molecule has 0 saturated heterocycles. The summed E-state index contributed by atoms with van der Waals surface area (Å²) >= 11 is 0. The number of benzene rings is 6. The van der Waals surface area contributed by atoms with E-state index in [1.54, 1.807) is 0 Å². The first kappa shape index (κ1) is 23.2. The van der Waals surface area contributed by atoms with Crippen LogP contribution in [0.25, 0.3) is 76.1 Å². The van der Waals surface area contributed by atoms with E-state index in [9.17, 15) is 0 Å². The van der Waals surface area contributed by atoms with Crippen molar-refractivity contribution in [1.29, 1.82) is 0 Å². The van der Waals surface area contributed by atoms with Gasteiger partial charge in [-0.05, 0) is 97.7 Å². The van der Waals surface area contributed by atoms with Gasteiger partial charge < -0.3 is 4.57 Å². The largest absolute Gasteiger partial charge is 0.309 e. The van der Waals surface area contributed by atoms with Gasteiger partial charge in [0.15, 0.2) is 5.69 Å². The van der Waals surface area contributed by atoms with Crippen molar-refractivity contribution < 1.29 is 0 Å². The highest BCUT2D eigenvalue weighted by Crippen LogP contribution is 2.45. The second kappa shape index (κ2) is 9.19. The number of aromatic nitrogens is 2. The molecule has 41 heavy (non-hydrogen) atoms. The average Bonchev–Trinajstić information content (AvgIpc) is 3.37. The van der Waals surface area contributed by atoms with Crippen LogP contribution in [0.4, 0.5) is 5.69 Å². The monoisotopic (exact) mass is 521 g/mol. The van der Waals surface area contributed by atoms with Crippen molar-refractivity contribution in [1.82, 2.24) is 9.55 Å². The second-order valence-corrected chi connectivity index (χ2v) is 10.3. The van der Waals surface area contributed by atoms with E-state index in [4.69, 9.17) is 6.57 Å². The molecular weight excluding hydrogens is 498 g/mol. The summed E-state index contributed by atoms with van der Waals surface area (Å²) in [5.41, 5.74) is 8.74. The number of para-hydroxylation sites is 1. The molecule has 0 saturated carbocycles. The first-order valence-corrected chi connectivity index (χ1v) is 13.7. The topological polar surface area (TPSA) is 22.2 Å². The minimum absolute atomic E-state index is 0.646. The zero-order valence-corrected chi connectivity index (χ0v) is 22.1. The fraction of sp³-hybridized carbons (Fsp3) is 0. The minimum atomic E-state index is 0.646. The Labute approximate surface area is 237 Å². The number of hydrogen-bond acceptors (Lipinski definition) is 1. The predicted molar refractivity (Wildman–Crippen MR) is 171 cm³/mol. The summed E-state index contributed by atoms with van der Waals surface area (Å²) < 4.78 is 2.30. The first-order valence-electron chi connectivity index (χ1n) is 13.7. The number of pyridine rings is 1. The maximum Gasteiger partial charge on any atom is 0.188 e. The van der Waals surface area contributed by atoms with E-state index in [0.717, 1.165) is 38.6 Å². The highest BCUT2D eigenvalue weighted by molar-refractivity contribution is 6.22. The van der Waals surface area contributed by atoms with Crippen LogP contribution in [-0.2, 0) is 0 Å². The Morgan fingerprint density at radius 1 is 0.488 bits per heavy atom. The summed E-state index contributed by atoms with van der Waals surface area (Å²) in [5, 5.41) is 7.08. The van der Waals surface area contributed by atoms with Crippen LogP contribution < -0.4 is 0 Å². The normalized spacial score (nSPS) is 11.4. The van der Waals surface area contributed by atoms with E-state index in [2.05, 4.69) is 124 Å². The summed E-state index contributed by atoms with van der Waals surface area (Å²) in [7, 11) is 0. The van der Waals surface area contributed by atoms with Gasteiger partial charge in [0.05, 0.1) is 17.6 Å². The minimum Gasteiger partial charge on any atom is -0.309 e. The van der Waals surface area contributed by atoms with Crippen molar-refractivity contribution in [2.75, 3.05) is 0 Å². The fourth-order valence-electron chi connectivity index (χ4n) is 6.36. The lowest BCUT2D eigenvalue weighted by molar-refractivity contribution is 1.18. The molecule has 2 heterocycles. The molecule has 0 spiro atoms. The Balaban J connectivity index is 1.49. The lowest BCUT2D eigenvalue weighted by atomic mass is 9.86. The van der Waals surface area contributed by atoms with Crippen LogP contribution in [0.1, 0.15) is 0 Å². The summed E-state index contributed by atoms with van der Waals surface area (Å²) in [6, 6.07) is 44.8. The molecule has 3 nitrogen and oxygen atoms in total. The molecule has 0 bridgehead atoms. The molecule has 0 fully saturated rings. The third-order valence-corrected chi connectivity index (χ3v) is 8.08. The molecule has 0 aliphatic heterocycles. The van der Waals surface area contributed by atoms with Gasteiger partial charge in [-0.2, -0.15) is 0 Å². The van der Waals surface area contributed by atoms with Gasteiger partial charge in [-0.15, -0.1) is 0 Å². The lowest BCUT2D eigenvalue weighted by Crippen LogP contribution is -1.93. The van der Waals surface area contributed by atoms with Crippen LogP contribution >= 0.6 is 0 Å². The summed E-state index contributed by atoms with van der Waals surface area (Å²) in [4.78, 5) is 8.01. The van der Waals surface area contributed by atoms with E-state index in [-0.39, 0.29) is 0 Å². The molecule has 0 aliphatic carbocycles. The molecule has 8 aromatic rings. The van der Waals surface area contributed by atoms with Crippen molar-refractivity contribution in [3.8, 4) is 27.9 Å². The third-order valence-electron chi connectivity index (χ3n) is 8.08. The Hall–Kier alpha value is -5.72. The first-order chi connectivity index (χ1) is 20.3. The summed E-state index contributed by atoms with van der Waals surface area (Å²) in [6.45, 7) is 7.66. The van der Waals surface area contributed by atoms with Gasteiger partial charge in [-0.25, -0.2) is 4.85 Å². The molecule has 0 unspecified atom stereocenters. The van der Waals surface area contributed by atoms with E-state index in [1.165, 1.54) is 32.7 Å². The standard InChI is InChI=1S/C38H23N3/c1-39-27-16-18-36-34(24-27)33-23-26(15-17-35(33)41(36)28-9-3-2-4-10-28)38-31-13-7-5-11-29(31)37(25-19-21-40-22-20-25)30-12-6-8-14-32(30)38/h2-24H. The van der Waals surface area contributed by atoms with Crippen LogP contribution in [0, 0.1) is 6.57 Å². The van der Waals surface area contributed by atoms with Gasteiger partial charge in [-0.1, -0.05) is 78.9 Å². The molecule has 0 N–H and O–H groups in total. The Kier molecular flexibility index (Phi) is 5.20. The zero-order chi connectivity index (χ0) is 27.3. The van der Waals surface area contributed by atoms with Crippen molar-refractivity contribution in [2.24, 2.45) is 0 Å². The van der Waals surface area contributed by atoms with Crippen molar-refractivity contribution in [2.45, 2.75) is 0 Å². The second-order valence-electron chi connectivity index (χ2n) is 10.3. The molecule has 0 radical (unpaired) electrons. The van der Waals surface area contributed by atoms with Gasteiger partial charge in [0.25, 0.3) is 0 Å². The molecule has 0 atom stereocenters. The Morgan fingerprint density at radius 3 is 1.63 bits per heavy atom. The third kappa shape index (κ3) is 3.55. The molecule has 3 heteroatoms. The Morgan fingerprint density at radius 2 is 1.02 bits per heavy atom.